The monoisotopic (exact) mass is 373 g/mol. The zero-order valence-corrected chi connectivity index (χ0v) is 15.2. The van der Waals surface area contributed by atoms with Crippen LogP contribution in [0.25, 0.3) is 0 Å². The predicted octanol–water partition coefficient (Wildman–Crippen LogP) is 3.52. The lowest BCUT2D eigenvalue weighted by Crippen LogP contribution is -2.09. The molecule has 0 fully saturated rings. The first-order valence-electron chi connectivity index (χ1n) is 8.50. The predicted molar refractivity (Wildman–Crippen MR) is 97.8 cm³/mol. The van der Waals surface area contributed by atoms with Gasteiger partial charge in [0.05, 0.1) is 19.3 Å². The second-order valence-electron chi connectivity index (χ2n) is 6.03. The average molecular weight is 373 g/mol. The van der Waals surface area contributed by atoms with Crippen molar-refractivity contribution < 1.29 is 18.3 Å². The Bertz CT molecular complexity index is 895. The van der Waals surface area contributed by atoms with Gasteiger partial charge in [-0.15, -0.1) is 0 Å². The van der Waals surface area contributed by atoms with E-state index in [1.54, 1.807) is 17.9 Å². The molecule has 3 aromatic rings. The molecule has 0 saturated heterocycles. The van der Waals surface area contributed by atoms with Gasteiger partial charge in [-0.3, -0.25) is 0 Å². The summed E-state index contributed by atoms with van der Waals surface area (Å²) >= 11 is 0. The molecule has 0 aliphatic heterocycles. The Kier molecular flexibility index (Phi) is 6.03. The van der Waals surface area contributed by atoms with E-state index < -0.39 is 11.6 Å². The minimum Gasteiger partial charge on any atom is -0.497 e. The van der Waals surface area contributed by atoms with E-state index in [4.69, 9.17) is 9.47 Å². The van der Waals surface area contributed by atoms with E-state index in [9.17, 15) is 8.78 Å². The maximum atomic E-state index is 13.8. The summed E-state index contributed by atoms with van der Waals surface area (Å²) in [5.41, 5.74) is 1.96. The highest BCUT2D eigenvalue weighted by molar-refractivity contribution is 5.28. The zero-order valence-electron chi connectivity index (χ0n) is 15.2. The van der Waals surface area contributed by atoms with Gasteiger partial charge in [0, 0.05) is 18.2 Å². The van der Waals surface area contributed by atoms with Gasteiger partial charge in [0.15, 0.2) is 0 Å². The van der Waals surface area contributed by atoms with E-state index in [2.05, 4.69) is 10.4 Å². The van der Waals surface area contributed by atoms with Crippen molar-refractivity contribution in [2.75, 3.05) is 14.2 Å². The molecule has 0 unspecified atom stereocenters. The van der Waals surface area contributed by atoms with Gasteiger partial charge in [0.25, 0.3) is 0 Å². The summed E-state index contributed by atoms with van der Waals surface area (Å²) in [4.78, 5) is 0. The lowest BCUT2D eigenvalue weighted by atomic mass is 10.2. The number of rotatable bonds is 8. The molecule has 3 rings (SSSR count). The number of halogens is 2. The molecule has 0 saturated carbocycles. The SMILES string of the molecule is CNCc1cc(OCc2cc(F)ccc2F)n(Cc2ccc(OC)cc2)n1. The van der Waals surface area contributed by atoms with Crippen LogP contribution in [0.5, 0.6) is 11.6 Å². The molecule has 0 bridgehead atoms. The van der Waals surface area contributed by atoms with Gasteiger partial charge in [-0.1, -0.05) is 12.1 Å². The van der Waals surface area contributed by atoms with Crippen LogP contribution in [0.3, 0.4) is 0 Å². The van der Waals surface area contributed by atoms with Gasteiger partial charge >= 0.3 is 0 Å². The highest BCUT2D eigenvalue weighted by Gasteiger charge is 2.12. The van der Waals surface area contributed by atoms with E-state index >= 15 is 0 Å². The first-order valence-corrected chi connectivity index (χ1v) is 8.50. The fourth-order valence-corrected chi connectivity index (χ4v) is 2.66. The normalized spacial score (nSPS) is 10.8. The third-order valence-electron chi connectivity index (χ3n) is 4.03. The number of hydrogen-bond acceptors (Lipinski definition) is 4. The molecule has 7 heteroatoms. The Morgan fingerprint density at radius 3 is 2.56 bits per heavy atom. The molecule has 0 spiro atoms. The van der Waals surface area contributed by atoms with Crippen LogP contribution >= 0.6 is 0 Å². The summed E-state index contributed by atoms with van der Waals surface area (Å²) in [5.74, 6) is 0.249. The molecular formula is C20H21F2N3O2. The van der Waals surface area contributed by atoms with Crippen molar-refractivity contribution in [2.24, 2.45) is 0 Å². The van der Waals surface area contributed by atoms with Gasteiger partial charge in [-0.25, -0.2) is 13.5 Å². The summed E-state index contributed by atoms with van der Waals surface area (Å²) in [7, 11) is 3.44. The molecule has 1 heterocycles. The number of methoxy groups -OCH3 is 1. The smallest absolute Gasteiger partial charge is 0.212 e. The van der Waals surface area contributed by atoms with Gasteiger partial charge in [-0.2, -0.15) is 5.10 Å². The third kappa shape index (κ3) is 4.83. The number of nitrogens with zero attached hydrogens (tertiary/aromatic N) is 2. The van der Waals surface area contributed by atoms with Crippen molar-refractivity contribution in [3.05, 3.63) is 77.0 Å². The molecule has 5 nitrogen and oxygen atoms in total. The van der Waals surface area contributed by atoms with Gasteiger partial charge in [0.2, 0.25) is 5.88 Å². The van der Waals surface area contributed by atoms with Crippen LogP contribution in [0.4, 0.5) is 8.78 Å². The largest absolute Gasteiger partial charge is 0.497 e. The van der Waals surface area contributed by atoms with E-state index in [0.717, 1.165) is 35.2 Å². The summed E-state index contributed by atoms with van der Waals surface area (Å²) in [6, 6.07) is 12.7. The molecule has 0 aliphatic rings. The molecule has 0 atom stereocenters. The van der Waals surface area contributed by atoms with E-state index in [0.29, 0.717) is 19.0 Å². The Hall–Kier alpha value is -2.93. The molecule has 0 amide bonds. The number of benzene rings is 2. The summed E-state index contributed by atoms with van der Waals surface area (Å²) < 4.78 is 39.8. The van der Waals surface area contributed by atoms with Crippen molar-refractivity contribution in [2.45, 2.75) is 19.7 Å². The topological polar surface area (TPSA) is 48.3 Å². The third-order valence-corrected chi connectivity index (χ3v) is 4.03. The van der Waals surface area contributed by atoms with Crippen LogP contribution in [0, 0.1) is 11.6 Å². The highest BCUT2D eigenvalue weighted by Crippen LogP contribution is 2.20. The number of ether oxygens (including phenoxy) is 2. The molecular weight excluding hydrogens is 352 g/mol. The standard InChI is InChI=1S/C20H21F2N3O2/c1-23-11-17-10-20(27-13-15-9-16(21)5-8-19(15)22)25(24-17)12-14-3-6-18(26-2)7-4-14/h3-10,23H,11-13H2,1-2H3. The summed E-state index contributed by atoms with van der Waals surface area (Å²) in [6.07, 6.45) is 0. The second kappa shape index (κ2) is 8.64. The number of hydrogen-bond donors (Lipinski definition) is 1. The van der Waals surface area contributed by atoms with Crippen molar-refractivity contribution in [3.63, 3.8) is 0 Å². The lowest BCUT2D eigenvalue weighted by Gasteiger charge is -2.10. The molecule has 0 radical (unpaired) electrons. The summed E-state index contributed by atoms with van der Waals surface area (Å²) in [5, 5.41) is 7.56. The molecule has 1 N–H and O–H groups in total. The fraction of sp³-hybridized carbons (Fsp3) is 0.250. The van der Waals surface area contributed by atoms with Crippen LogP contribution in [0.15, 0.2) is 48.5 Å². The minimum absolute atomic E-state index is 0.0864. The van der Waals surface area contributed by atoms with Crippen LogP contribution in [-0.2, 0) is 19.7 Å². The van der Waals surface area contributed by atoms with E-state index in [1.807, 2.05) is 31.3 Å². The van der Waals surface area contributed by atoms with Crippen LogP contribution < -0.4 is 14.8 Å². The second-order valence-corrected chi connectivity index (χ2v) is 6.03. The molecule has 2 aromatic carbocycles. The zero-order chi connectivity index (χ0) is 19.2. The van der Waals surface area contributed by atoms with Gasteiger partial charge < -0.3 is 14.8 Å². The maximum absolute atomic E-state index is 13.8. The Morgan fingerprint density at radius 1 is 1.07 bits per heavy atom. The first kappa shape index (κ1) is 18.8. The van der Waals surface area contributed by atoms with Gasteiger partial charge in [-0.05, 0) is 42.9 Å². The summed E-state index contributed by atoms with van der Waals surface area (Å²) in [6.45, 7) is 0.964. The molecule has 142 valence electrons. The van der Waals surface area contributed by atoms with Crippen molar-refractivity contribution in [1.82, 2.24) is 15.1 Å². The van der Waals surface area contributed by atoms with Crippen LogP contribution in [-0.4, -0.2) is 23.9 Å². The average Bonchev–Trinajstić information content (AvgIpc) is 3.04. The minimum atomic E-state index is -0.506. The molecule has 27 heavy (non-hydrogen) atoms. The quantitative estimate of drug-likeness (QED) is 0.656. The van der Waals surface area contributed by atoms with Crippen LogP contribution in [0.1, 0.15) is 16.8 Å². The molecule has 1 aromatic heterocycles. The van der Waals surface area contributed by atoms with Crippen molar-refractivity contribution in [1.29, 1.82) is 0 Å². The number of nitrogens with one attached hydrogen (secondary N) is 1. The highest BCUT2D eigenvalue weighted by atomic mass is 19.1. The van der Waals surface area contributed by atoms with Crippen molar-refractivity contribution in [3.8, 4) is 11.6 Å². The Labute approximate surface area is 156 Å². The van der Waals surface area contributed by atoms with Crippen LogP contribution in [0.2, 0.25) is 0 Å². The molecule has 0 aliphatic carbocycles. The van der Waals surface area contributed by atoms with Crippen molar-refractivity contribution >= 4 is 0 Å². The Balaban J connectivity index is 1.79. The number of aromatic nitrogens is 2. The van der Waals surface area contributed by atoms with E-state index in [-0.39, 0.29) is 12.2 Å². The maximum Gasteiger partial charge on any atom is 0.212 e. The lowest BCUT2D eigenvalue weighted by molar-refractivity contribution is 0.269. The fourth-order valence-electron chi connectivity index (χ4n) is 2.66. The van der Waals surface area contributed by atoms with E-state index in [1.165, 1.54) is 0 Å². The first-order chi connectivity index (χ1) is 13.1. The van der Waals surface area contributed by atoms with Gasteiger partial charge in [0.1, 0.15) is 24.0 Å². The Morgan fingerprint density at radius 2 is 1.85 bits per heavy atom.